The van der Waals surface area contributed by atoms with Crippen LogP contribution < -0.4 is 5.32 Å². The minimum absolute atomic E-state index is 0.00130. The zero-order chi connectivity index (χ0) is 17.4. The predicted molar refractivity (Wildman–Crippen MR) is 93.1 cm³/mol. The number of imide groups is 1. The number of hydrogen-bond donors (Lipinski definition) is 1. The van der Waals surface area contributed by atoms with E-state index in [0.717, 1.165) is 10.8 Å². The van der Waals surface area contributed by atoms with Crippen LogP contribution >= 0.6 is 0 Å². The molecule has 0 aliphatic carbocycles. The van der Waals surface area contributed by atoms with E-state index >= 15 is 0 Å². The van der Waals surface area contributed by atoms with Crippen molar-refractivity contribution in [3.05, 3.63) is 48.0 Å². The summed E-state index contributed by atoms with van der Waals surface area (Å²) in [6.45, 7) is 1.18. The van der Waals surface area contributed by atoms with Gasteiger partial charge in [-0.25, -0.2) is 4.79 Å². The number of carbonyl (C=O) groups is 3. The summed E-state index contributed by atoms with van der Waals surface area (Å²) in [5, 5.41) is 4.70. The molecule has 0 spiro atoms. The molecule has 128 valence electrons. The summed E-state index contributed by atoms with van der Waals surface area (Å²) in [5.41, 5.74) is 0.673. The number of nitrogens with one attached hydrogen (secondary N) is 1. The van der Waals surface area contributed by atoms with Crippen molar-refractivity contribution in [2.75, 3.05) is 19.6 Å². The van der Waals surface area contributed by atoms with Crippen LogP contribution in [0.1, 0.15) is 23.2 Å². The third-order valence-electron chi connectivity index (χ3n) is 4.99. The Labute approximate surface area is 145 Å². The molecule has 6 heteroatoms. The number of nitrogens with zero attached hydrogens (tertiary/aromatic N) is 2. The maximum atomic E-state index is 12.8. The fraction of sp³-hybridized carbons (Fsp3) is 0.316. The summed E-state index contributed by atoms with van der Waals surface area (Å²) in [6.07, 6.45) is 1.25. The van der Waals surface area contributed by atoms with Crippen LogP contribution in [0.15, 0.2) is 42.5 Å². The van der Waals surface area contributed by atoms with E-state index in [-0.39, 0.29) is 30.4 Å². The van der Waals surface area contributed by atoms with E-state index in [1.54, 1.807) is 4.90 Å². The third-order valence-corrected chi connectivity index (χ3v) is 4.99. The standard InChI is InChI=1S/C19H19N3O3/c23-17-12-20-19(25)22(17)16-7-9-21(10-8-16)18(24)15-6-5-13-3-1-2-4-14(13)11-15/h1-6,11,16H,7-10,12H2,(H,20,25). The maximum absolute atomic E-state index is 12.8. The fourth-order valence-corrected chi connectivity index (χ4v) is 3.64. The van der Waals surface area contributed by atoms with E-state index in [9.17, 15) is 14.4 Å². The van der Waals surface area contributed by atoms with Crippen molar-refractivity contribution in [2.45, 2.75) is 18.9 Å². The van der Waals surface area contributed by atoms with Crippen molar-refractivity contribution in [3.8, 4) is 0 Å². The van der Waals surface area contributed by atoms with Crippen LogP contribution in [0.2, 0.25) is 0 Å². The molecule has 2 saturated heterocycles. The number of rotatable bonds is 2. The number of carbonyl (C=O) groups excluding carboxylic acids is 3. The molecule has 4 amide bonds. The Kier molecular flexibility index (Phi) is 3.87. The molecular formula is C19H19N3O3. The molecule has 0 unspecified atom stereocenters. The summed E-state index contributed by atoms with van der Waals surface area (Å²) in [6, 6.07) is 13.3. The molecule has 2 aromatic carbocycles. The molecule has 0 radical (unpaired) electrons. The number of urea groups is 1. The first-order valence-electron chi connectivity index (χ1n) is 8.51. The Bertz CT molecular complexity index is 840. The van der Waals surface area contributed by atoms with Crippen molar-refractivity contribution >= 4 is 28.6 Å². The average molecular weight is 337 g/mol. The summed E-state index contributed by atoms with van der Waals surface area (Å²) >= 11 is 0. The van der Waals surface area contributed by atoms with Crippen LogP contribution in [0.4, 0.5) is 4.79 Å². The van der Waals surface area contributed by atoms with Crippen LogP contribution in [0.25, 0.3) is 10.8 Å². The molecular weight excluding hydrogens is 318 g/mol. The van der Waals surface area contributed by atoms with Gasteiger partial charge >= 0.3 is 6.03 Å². The number of benzene rings is 2. The molecule has 2 heterocycles. The molecule has 2 aliphatic rings. The maximum Gasteiger partial charge on any atom is 0.324 e. The zero-order valence-electron chi connectivity index (χ0n) is 13.8. The Morgan fingerprint density at radius 2 is 1.72 bits per heavy atom. The Morgan fingerprint density at radius 3 is 2.40 bits per heavy atom. The van der Waals surface area contributed by atoms with Crippen LogP contribution in [0, 0.1) is 0 Å². The predicted octanol–water partition coefficient (Wildman–Crippen LogP) is 2.00. The van der Waals surface area contributed by atoms with Crippen molar-refractivity contribution < 1.29 is 14.4 Å². The van der Waals surface area contributed by atoms with Crippen LogP contribution in [-0.2, 0) is 4.79 Å². The van der Waals surface area contributed by atoms with Crippen LogP contribution in [-0.4, -0.2) is 53.3 Å². The average Bonchev–Trinajstić information content (AvgIpc) is 2.99. The van der Waals surface area contributed by atoms with Crippen molar-refractivity contribution in [2.24, 2.45) is 0 Å². The van der Waals surface area contributed by atoms with Gasteiger partial charge < -0.3 is 10.2 Å². The zero-order valence-corrected chi connectivity index (χ0v) is 13.8. The lowest BCUT2D eigenvalue weighted by Crippen LogP contribution is -2.49. The summed E-state index contributed by atoms with van der Waals surface area (Å²) in [5.74, 6) is -0.175. The normalized spacial score (nSPS) is 18.7. The van der Waals surface area contributed by atoms with E-state index in [1.807, 2.05) is 42.5 Å². The summed E-state index contributed by atoms with van der Waals surface area (Å²) < 4.78 is 0. The Morgan fingerprint density at radius 1 is 1.00 bits per heavy atom. The van der Waals surface area contributed by atoms with E-state index in [1.165, 1.54) is 4.90 Å². The van der Waals surface area contributed by atoms with Crippen molar-refractivity contribution in [1.82, 2.24) is 15.1 Å². The second kappa shape index (κ2) is 6.20. The third kappa shape index (κ3) is 2.84. The lowest BCUT2D eigenvalue weighted by Gasteiger charge is -2.35. The molecule has 2 fully saturated rings. The highest BCUT2D eigenvalue weighted by Gasteiger charge is 2.37. The molecule has 0 bridgehead atoms. The van der Waals surface area contributed by atoms with E-state index in [4.69, 9.17) is 0 Å². The van der Waals surface area contributed by atoms with Gasteiger partial charge in [0.05, 0.1) is 6.54 Å². The fourth-order valence-electron chi connectivity index (χ4n) is 3.64. The monoisotopic (exact) mass is 337 g/mol. The van der Waals surface area contributed by atoms with E-state index in [0.29, 0.717) is 31.5 Å². The van der Waals surface area contributed by atoms with Gasteiger partial charge in [0.2, 0.25) is 5.91 Å². The van der Waals surface area contributed by atoms with E-state index in [2.05, 4.69) is 5.32 Å². The van der Waals surface area contributed by atoms with Gasteiger partial charge in [0, 0.05) is 24.7 Å². The minimum atomic E-state index is -0.315. The molecule has 2 aliphatic heterocycles. The molecule has 25 heavy (non-hydrogen) atoms. The van der Waals surface area contributed by atoms with Gasteiger partial charge in [0.15, 0.2) is 0 Å². The number of piperidine rings is 1. The molecule has 0 saturated carbocycles. The first-order valence-corrected chi connectivity index (χ1v) is 8.51. The molecule has 4 rings (SSSR count). The van der Waals surface area contributed by atoms with Gasteiger partial charge in [-0.05, 0) is 35.7 Å². The van der Waals surface area contributed by atoms with Crippen molar-refractivity contribution in [1.29, 1.82) is 0 Å². The molecule has 6 nitrogen and oxygen atoms in total. The molecule has 2 aromatic rings. The van der Waals surface area contributed by atoms with Gasteiger partial charge in [0.25, 0.3) is 5.91 Å². The van der Waals surface area contributed by atoms with Gasteiger partial charge in [-0.1, -0.05) is 30.3 Å². The number of hydrogen-bond acceptors (Lipinski definition) is 3. The second-order valence-corrected chi connectivity index (χ2v) is 6.51. The smallest absolute Gasteiger partial charge is 0.324 e. The number of amides is 4. The summed E-state index contributed by atoms with van der Waals surface area (Å²) in [7, 11) is 0. The highest BCUT2D eigenvalue weighted by Crippen LogP contribution is 2.22. The van der Waals surface area contributed by atoms with Gasteiger partial charge in [-0.3, -0.25) is 14.5 Å². The summed E-state index contributed by atoms with van der Waals surface area (Å²) in [4.78, 5) is 39.5. The quantitative estimate of drug-likeness (QED) is 0.852. The number of fused-ring (bicyclic) bond motifs is 1. The Hall–Kier alpha value is -2.89. The topological polar surface area (TPSA) is 69.7 Å². The lowest BCUT2D eigenvalue weighted by atomic mass is 10.0. The lowest BCUT2D eigenvalue weighted by molar-refractivity contribution is -0.127. The van der Waals surface area contributed by atoms with Crippen LogP contribution in [0.5, 0.6) is 0 Å². The SMILES string of the molecule is O=C(c1ccc2ccccc2c1)N1CCC(N2C(=O)CNC2=O)CC1. The van der Waals surface area contributed by atoms with Gasteiger partial charge in [-0.15, -0.1) is 0 Å². The van der Waals surface area contributed by atoms with Gasteiger partial charge in [-0.2, -0.15) is 0 Å². The molecule has 0 atom stereocenters. The first kappa shape index (κ1) is 15.6. The molecule has 0 aromatic heterocycles. The minimum Gasteiger partial charge on any atom is -0.338 e. The first-order chi connectivity index (χ1) is 12.1. The van der Waals surface area contributed by atoms with E-state index < -0.39 is 0 Å². The largest absolute Gasteiger partial charge is 0.338 e. The number of likely N-dealkylation sites (tertiary alicyclic amines) is 1. The highest BCUT2D eigenvalue weighted by molar-refractivity contribution is 6.02. The van der Waals surface area contributed by atoms with Crippen LogP contribution in [0.3, 0.4) is 0 Å². The van der Waals surface area contributed by atoms with Crippen molar-refractivity contribution in [3.63, 3.8) is 0 Å². The molecule has 1 N–H and O–H groups in total. The Balaban J connectivity index is 1.45. The van der Waals surface area contributed by atoms with Gasteiger partial charge in [0.1, 0.15) is 0 Å². The highest BCUT2D eigenvalue weighted by atomic mass is 16.2. The second-order valence-electron chi connectivity index (χ2n) is 6.51.